The predicted octanol–water partition coefficient (Wildman–Crippen LogP) is 6.57. The average Bonchev–Trinajstić information content (AvgIpc) is 2.94. The third-order valence-electron chi connectivity index (χ3n) is 6.19. The maximum Gasteiger partial charge on any atom is 0.262 e. The normalized spacial score (nSPS) is 15.9. The fourth-order valence-corrected chi connectivity index (χ4v) is 4.62. The molecule has 1 aliphatic heterocycles. The number of benzene rings is 1. The Hall–Kier alpha value is -1.24. The van der Waals surface area contributed by atoms with Crippen molar-refractivity contribution in [1.29, 1.82) is 0 Å². The van der Waals surface area contributed by atoms with Crippen LogP contribution in [0.15, 0.2) is 36.4 Å². The molecule has 166 valence electrons. The highest BCUT2D eigenvalue weighted by atomic mass is 79.9. The number of rotatable bonds is 11. The minimum absolute atomic E-state index is 0.0681. The van der Waals surface area contributed by atoms with E-state index in [1.165, 1.54) is 24.2 Å². The molecule has 0 unspecified atom stereocenters. The van der Waals surface area contributed by atoms with E-state index in [4.69, 9.17) is 4.43 Å². The standard InChI is InChI=1S/C24H36BrNO3Si/c1-24(2,3)30(4,5)29-18-19(14-10-8-6-7-9-13-17-25)26-22(27)20-15-11-12-16-21(20)23(26)28/h10-12,14-16,19H,6-9,13,17-18H2,1-5H3/b14-10-/t19-/m1/s1. The molecule has 0 aliphatic carbocycles. The Bertz CT molecular complexity index is 735. The summed E-state index contributed by atoms with van der Waals surface area (Å²) in [6.07, 6.45) is 9.77. The molecule has 4 nitrogen and oxygen atoms in total. The molecule has 0 bridgehead atoms. The van der Waals surface area contributed by atoms with Gasteiger partial charge in [-0.2, -0.15) is 0 Å². The van der Waals surface area contributed by atoms with Crippen molar-refractivity contribution in [2.75, 3.05) is 11.9 Å². The molecule has 0 radical (unpaired) electrons. The highest BCUT2D eigenvalue weighted by Gasteiger charge is 2.42. The lowest BCUT2D eigenvalue weighted by molar-refractivity contribution is 0.0569. The van der Waals surface area contributed by atoms with Crippen LogP contribution >= 0.6 is 15.9 Å². The molecule has 0 aromatic heterocycles. The van der Waals surface area contributed by atoms with Gasteiger partial charge in [0.2, 0.25) is 0 Å². The Balaban J connectivity index is 2.13. The molecule has 0 saturated heterocycles. The Morgan fingerprint density at radius 2 is 1.60 bits per heavy atom. The topological polar surface area (TPSA) is 46.6 Å². The summed E-state index contributed by atoms with van der Waals surface area (Å²) in [6.45, 7) is 11.3. The van der Waals surface area contributed by atoms with Gasteiger partial charge >= 0.3 is 0 Å². The van der Waals surface area contributed by atoms with Crippen molar-refractivity contribution in [3.8, 4) is 0 Å². The van der Waals surface area contributed by atoms with E-state index >= 15 is 0 Å². The van der Waals surface area contributed by atoms with Gasteiger partial charge in [0.1, 0.15) is 0 Å². The van der Waals surface area contributed by atoms with Crippen LogP contribution in [0.4, 0.5) is 0 Å². The Labute approximate surface area is 191 Å². The fourth-order valence-electron chi connectivity index (χ4n) is 3.20. The first-order valence-corrected chi connectivity index (χ1v) is 15.0. The Kier molecular flexibility index (Phi) is 9.07. The largest absolute Gasteiger partial charge is 0.414 e. The van der Waals surface area contributed by atoms with Crippen molar-refractivity contribution in [3.63, 3.8) is 0 Å². The van der Waals surface area contributed by atoms with E-state index in [0.717, 1.165) is 18.2 Å². The van der Waals surface area contributed by atoms with E-state index < -0.39 is 8.32 Å². The molecule has 0 fully saturated rings. The summed E-state index contributed by atoms with van der Waals surface area (Å²) in [5.74, 6) is -0.442. The first-order chi connectivity index (χ1) is 14.1. The van der Waals surface area contributed by atoms with E-state index in [2.05, 4.69) is 55.9 Å². The van der Waals surface area contributed by atoms with Crippen LogP contribution in [-0.2, 0) is 4.43 Å². The molecule has 0 saturated carbocycles. The minimum atomic E-state index is -2.00. The van der Waals surface area contributed by atoms with Crippen molar-refractivity contribution < 1.29 is 14.0 Å². The molecule has 6 heteroatoms. The number of halogens is 1. The van der Waals surface area contributed by atoms with Crippen molar-refractivity contribution in [2.45, 2.75) is 77.0 Å². The zero-order chi connectivity index (χ0) is 22.4. The van der Waals surface area contributed by atoms with Crippen LogP contribution in [0.5, 0.6) is 0 Å². The number of carbonyl (C=O) groups is 2. The number of hydrogen-bond acceptors (Lipinski definition) is 3. The molecule has 1 aromatic carbocycles. The number of alkyl halides is 1. The van der Waals surface area contributed by atoms with E-state index in [9.17, 15) is 9.59 Å². The van der Waals surface area contributed by atoms with Gasteiger partial charge in [-0.25, -0.2) is 0 Å². The molecule has 1 aromatic rings. The van der Waals surface area contributed by atoms with Gasteiger partial charge < -0.3 is 4.43 Å². The first kappa shape index (κ1) is 25.0. The van der Waals surface area contributed by atoms with Crippen LogP contribution in [0, 0.1) is 0 Å². The molecule has 2 amide bonds. The van der Waals surface area contributed by atoms with E-state index in [1.54, 1.807) is 24.3 Å². The molecular weight excluding hydrogens is 458 g/mol. The van der Waals surface area contributed by atoms with Crippen LogP contribution in [-0.4, -0.2) is 43.0 Å². The molecule has 2 rings (SSSR count). The van der Waals surface area contributed by atoms with Gasteiger partial charge in [-0.05, 0) is 49.5 Å². The van der Waals surface area contributed by atoms with E-state index in [-0.39, 0.29) is 22.9 Å². The van der Waals surface area contributed by atoms with Gasteiger partial charge in [-0.1, -0.05) is 73.8 Å². The number of amides is 2. The molecule has 1 heterocycles. The second-order valence-corrected chi connectivity index (χ2v) is 15.1. The molecule has 1 atom stereocenters. The van der Waals surface area contributed by atoms with Crippen LogP contribution in [0.3, 0.4) is 0 Å². The molecule has 1 aliphatic rings. The summed E-state index contributed by atoms with van der Waals surface area (Å²) in [4.78, 5) is 27.4. The molecule has 0 spiro atoms. The third kappa shape index (κ3) is 6.14. The quantitative estimate of drug-likeness (QED) is 0.115. The zero-order valence-corrected chi connectivity index (χ0v) is 21.6. The number of hydrogen-bond donors (Lipinski definition) is 0. The molecule has 30 heavy (non-hydrogen) atoms. The SMILES string of the molecule is CC(C)(C)[Si](C)(C)OC[C@@H](/C=C\CCCCCCBr)N1C(=O)c2ccccc2C1=O. The summed E-state index contributed by atoms with van der Waals surface area (Å²) >= 11 is 3.47. The predicted molar refractivity (Wildman–Crippen MR) is 130 cm³/mol. The van der Waals surface area contributed by atoms with Crippen LogP contribution in [0.2, 0.25) is 18.1 Å². The zero-order valence-electron chi connectivity index (χ0n) is 19.0. The van der Waals surface area contributed by atoms with E-state index in [0.29, 0.717) is 17.7 Å². The summed E-state index contributed by atoms with van der Waals surface area (Å²) in [5, 5.41) is 1.12. The second-order valence-electron chi connectivity index (χ2n) is 9.48. The Morgan fingerprint density at radius 1 is 1.03 bits per heavy atom. The van der Waals surface area contributed by atoms with Crippen molar-refractivity contribution in [2.24, 2.45) is 0 Å². The number of carbonyl (C=O) groups excluding carboxylic acids is 2. The van der Waals surface area contributed by atoms with Crippen molar-refractivity contribution >= 4 is 36.1 Å². The van der Waals surface area contributed by atoms with Crippen molar-refractivity contribution in [1.82, 2.24) is 4.90 Å². The van der Waals surface area contributed by atoms with Crippen LogP contribution < -0.4 is 0 Å². The van der Waals surface area contributed by atoms with Gasteiger partial charge in [-0.3, -0.25) is 14.5 Å². The number of nitrogens with zero attached hydrogens (tertiary/aromatic N) is 1. The van der Waals surface area contributed by atoms with Gasteiger partial charge in [0.05, 0.1) is 23.8 Å². The molecular formula is C24H36BrNO3Si. The lowest BCUT2D eigenvalue weighted by atomic mass is 10.1. The summed E-state index contributed by atoms with van der Waals surface area (Å²) in [7, 11) is -2.00. The third-order valence-corrected chi connectivity index (χ3v) is 11.3. The second kappa shape index (κ2) is 10.9. The highest BCUT2D eigenvalue weighted by Crippen LogP contribution is 2.37. The van der Waals surface area contributed by atoms with Crippen molar-refractivity contribution in [3.05, 3.63) is 47.5 Å². The highest BCUT2D eigenvalue weighted by molar-refractivity contribution is 9.09. The minimum Gasteiger partial charge on any atom is -0.414 e. The molecule has 0 N–H and O–H groups in total. The maximum absolute atomic E-state index is 13.0. The number of fused-ring (bicyclic) bond motifs is 1. The monoisotopic (exact) mass is 493 g/mol. The smallest absolute Gasteiger partial charge is 0.262 e. The Morgan fingerprint density at radius 3 is 2.13 bits per heavy atom. The van der Waals surface area contributed by atoms with Crippen LogP contribution in [0.25, 0.3) is 0 Å². The summed E-state index contributed by atoms with van der Waals surface area (Å²) < 4.78 is 6.41. The number of unbranched alkanes of at least 4 members (excludes halogenated alkanes) is 4. The van der Waals surface area contributed by atoms with Gasteiger partial charge in [0.15, 0.2) is 8.32 Å². The number of allylic oxidation sites excluding steroid dienone is 1. The lowest BCUT2D eigenvalue weighted by Gasteiger charge is -2.38. The number of imide groups is 1. The van der Waals surface area contributed by atoms with E-state index in [1.807, 2.05) is 6.08 Å². The summed E-state index contributed by atoms with van der Waals surface area (Å²) in [6, 6.07) is 6.69. The maximum atomic E-state index is 13.0. The van der Waals surface area contributed by atoms with Gasteiger partial charge in [0.25, 0.3) is 11.8 Å². The first-order valence-electron chi connectivity index (χ1n) is 10.9. The van der Waals surface area contributed by atoms with Crippen LogP contribution in [0.1, 0.15) is 73.6 Å². The fraction of sp³-hybridized carbons (Fsp3) is 0.583. The van der Waals surface area contributed by atoms with Gasteiger partial charge in [-0.15, -0.1) is 0 Å². The lowest BCUT2D eigenvalue weighted by Crippen LogP contribution is -2.47. The summed E-state index contributed by atoms with van der Waals surface area (Å²) in [5.41, 5.74) is 0.978. The average molecular weight is 495 g/mol. The van der Waals surface area contributed by atoms with Gasteiger partial charge in [0, 0.05) is 5.33 Å².